The molecule has 2 aromatic rings. The molecule has 0 spiro atoms. The Morgan fingerprint density at radius 3 is 2.85 bits per heavy atom. The van der Waals surface area contributed by atoms with Crippen molar-refractivity contribution in [2.75, 3.05) is 5.73 Å². The minimum Gasteiger partial charge on any atom is -0.487 e. The topological polar surface area (TPSA) is 48.1 Å². The van der Waals surface area contributed by atoms with Crippen LogP contribution in [0.4, 0.5) is 5.69 Å². The predicted molar refractivity (Wildman–Crippen MR) is 80.9 cm³/mol. The molecule has 1 aliphatic rings. The number of ether oxygens (including phenoxy) is 1. The number of hydrogen-bond donors (Lipinski definition) is 1. The highest BCUT2D eigenvalue weighted by Crippen LogP contribution is 2.27. The molecule has 104 valence electrons. The number of benzene rings is 1. The molecule has 3 rings (SSSR count). The molecule has 0 unspecified atom stereocenters. The van der Waals surface area contributed by atoms with Crippen molar-refractivity contribution in [3.05, 3.63) is 52.3 Å². The molecule has 1 aromatic heterocycles. The zero-order valence-corrected chi connectivity index (χ0v) is 12.1. The maximum Gasteiger partial charge on any atom is 0.131 e. The van der Waals surface area contributed by atoms with Crippen LogP contribution in [0.1, 0.15) is 34.4 Å². The molecular weight excluding hydrogens is 248 g/mol. The van der Waals surface area contributed by atoms with E-state index in [1.807, 2.05) is 20.0 Å². The number of rotatable bonds is 3. The van der Waals surface area contributed by atoms with Crippen LogP contribution in [0.15, 0.2) is 24.4 Å². The number of aromatic nitrogens is 1. The maximum absolute atomic E-state index is 6.03. The van der Waals surface area contributed by atoms with Gasteiger partial charge in [0.25, 0.3) is 0 Å². The smallest absolute Gasteiger partial charge is 0.131 e. The molecule has 0 amide bonds. The Bertz CT molecular complexity index is 650. The van der Waals surface area contributed by atoms with E-state index in [0.29, 0.717) is 6.61 Å². The molecule has 0 bridgehead atoms. The van der Waals surface area contributed by atoms with Crippen LogP contribution in [0.5, 0.6) is 5.75 Å². The monoisotopic (exact) mass is 268 g/mol. The Kier molecular flexibility index (Phi) is 3.35. The fraction of sp³-hybridized carbons (Fsp3) is 0.353. The van der Waals surface area contributed by atoms with Crippen molar-refractivity contribution in [2.45, 2.75) is 39.7 Å². The Morgan fingerprint density at radius 2 is 2.00 bits per heavy atom. The third kappa shape index (κ3) is 2.36. The molecule has 1 aliphatic carbocycles. The van der Waals surface area contributed by atoms with Gasteiger partial charge in [-0.2, -0.15) is 0 Å². The zero-order chi connectivity index (χ0) is 14.1. The summed E-state index contributed by atoms with van der Waals surface area (Å²) in [7, 11) is 0. The number of anilines is 1. The van der Waals surface area contributed by atoms with Crippen LogP contribution >= 0.6 is 0 Å². The van der Waals surface area contributed by atoms with Crippen LogP contribution < -0.4 is 10.5 Å². The highest BCUT2D eigenvalue weighted by atomic mass is 16.5. The average molecular weight is 268 g/mol. The van der Waals surface area contributed by atoms with Gasteiger partial charge in [0, 0.05) is 11.9 Å². The Morgan fingerprint density at radius 1 is 1.20 bits per heavy atom. The minimum absolute atomic E-state index is 0.467. The SMILES string of the molecule is Cc1cnc(COc2ccc3c(c2)CCC3)c(C)c1N. The van der Waals surface area contributed by atoms with E-state index in [9.17, 15) is 0 Å². The third-order valence-corrected chi connectivity index (χ3v) is 4.12. The number of pyridine rings is 1. The van der Waals surface area contributed by atoms with Crippen LogP contribution in [0.2, 0.25) is 0 Å². The zero-order valence-electron chi connectivity index (χ0n) is 12.1. The van der Waals surface area contributed by atoms with Crippen LogP contribution in [0, 0.1) is 13.8 Å². The van der Waals surface area contributed by atoms with Crippen molar-refractivity contribution in [1.29, 1.82) is 0 Å². The first kappa shape index (κ1) is 13.0. The maximum atomic E-state index is 6.03. The molecule has 0 saturated heterocycles. The summed E-state index contributed by atoms with van der Waals surface area (Å²) >= 11 is 0. The number of hydrogen-bond acceptors (Lipinski definition) is 3. The summed E-state index contributed by atoms with van der Waals surface area (Å²) < 4.78 is 5.87. The van der Waals surface area contributed by atoms with E-state index >= 15 is 0 Å². The van der Waals surface area contributed by atoms with Gasteiger partial charge in [-0.1, -0.05) is 6.07 Å². The Balaban J connectivity index is 1.75. The summed E-state index contributed by atoms with van der Waals surface area (Å²) in [6.45, 7) is 4.44. The molecule has 3 heteroatoms. The summed E-state index contributed by atoms with van der Waals surface area (Å²) in [6.07, 6.45) is 5.43. The highest BCUT2D eigenvalue weighted by Gasteiger charge is 2.12. The summed E-state index contributed by atoms with van der Waals surface area (Å²) in [5, 5.41) is 0. The predicted octanol–water partition coefficient (Wildman–Crippen LogP) is 3.35. The highest BCUT2D eigenvalue weighted by molar-refractivity contribution is 5.53. The molecular formula is C17H20N2O. The Labute approximate surface area is 119 Å². The van der Waals surface area contributed by atoms with Gasteiger partial charge in [0.2, 0.25) is 0 Å². The van der Waals surface area contributed by atoms with Gasteiger partial charge in [0.05, 0.1) is 5.69 Å². The van der Waals surface area contributed by atoms with Gasteiger partial charge in [-0.15, -0.1) is 0 Å². The van der Waals surface area contributed by atoms with E-state index in [1.54, 1.807) is 0 Å². The van der Waals surface area contributed by atoms with Gasteiger partial charge in [0.15, 0.2) is 0 Å². The van der Waals surface area contributed by atoms with E-state index in [-0.39, 0.29) is 0 Å². The summed E-state index contributed by atoms with van der Waals surface area (Å²) in [6, 6.07) is 6.40. The lowest BCUT2D eigenvalue weighted by Gasteiger charge is -2.12. The molecule has 0 aliphatic heterocycles. The van der Waals surface area contributed by atoms with E-state index in [2.05, 4.69) is 23.2 Å². The standard InChI is InChI=1S/C17H20N2O/c1-11-9-19-16(12(2)17(11)18)10-20-15-7-6-13-4-3-5-14(13)8-15/h6-9H,3-5,10H2,1-2H3,(H2,18,19). The van der Waals surface area contributed by atoms with E-state index < -0.39 is 0 Å². The molecule has 0 radical (unpaired) electrons. The first-order valence-electron chi connectivity index (χ1n) is 7.10. The van der Waals surface area contributed by atoms with Crippen LogP contribution in [-0.2, 0) is 19.4 Å². The van der Waals surface area contributed by atoms with Gasteiger partial charge in [-0.05, 0) is 67.5 Å². The lowest BCUT2D eigenvalue weighted by molar-refractivity contribution is 0.300. The van der Waals surface area contributed by atoms with Gasteiger partial charge in [-0.3, -0.25) is 4.98 Å². The molecule has 0 atom stereocenters. The quantitative estimate of drug-likeness (QED) is 0.928. The van der Waals surface area contributed by atoms with Crippen molar-refractivity contribution in [1.82, 2.24) is 4.98 Å². The van der Waals surface area contributed by atoms with Crippen molar-refractivity contribution in [3.8, 4) is 5.75 Å². The molecule has 2 N–H and O–H groups in total. The van der Waals surface area contributed by atoms with Crippen molar-refractivity contribution in [2.24, 2.45) is 0 Å². The van der Waals surface area contributed by atoms with Crippen molar-refractivity contribution < 1.29 is 4.74 Å². The number of fused-ring (bicyclic) bond motifs is 1. The largest absolute Gasteiger partial charge is 0.487 e. The summed E-state index contributed by atoms with van der Waals surface area (Å²) in [5.74, 6) is 0.922. The van der Waals surface area contributed by atoms with E-state index in [4.69, 9.17) is 10.5 Å². The second-order valence-corrected chi connectivity index (χ2v) is 5.50. The van der Waals surface area contributed by atoms with Crippen molar-refractivity contribution >= 4 is 5.69 Å². The van der Waals surface area contributed by atoms with E-state index in [1.165, 1.54) is 30.4 Å². The second kappa shape index (κ2) is 5.16. The first-order chi connectivity index (χ1) is 9.65. The van der Waals surface area contributed by atoms with Crippen LogP contribution in [0.3, 0.4) is 0 Å². The lowest BCUT2D eigenvalue weighted by Crippen LogP contribution is -2.05. The Hall–Kier alpha value is -2.03. The lowest BCUT2D eigenvalue weighted by atomic mass is 10.1. The fourth-order valence-electron chi connectivity index (χ4n) is 2.73. The minimum atomic E-state index is 0.467. The van der Waals surface area contributed by atoms with Crippen LogP contribution in [0.25, 0.3) is 0 Å². The molecule has 1 heterocycles. The molecule has 0 fully saturated rings. The number of nitrogens with two attached hydrogens (primary N) is 1. The molecule has 3 nitrogen and oxygen atoms in total. The van der Waals surface area contributed by atoms with Gasteiger partial charge in [0.1, 0.15) is 12.4 Å². The molecule has 1 aromatic carbocycles. The van der Waals surface area contributed by atoms with Gasteiger partial charge in [-0.25, -0.2) is 0 Å². The molecule has 0 saturated carbocycles. The normalized spacial score (nSPS) is 13.3. The van der Waals surface area contributed by atoms with Crippen molar-refractivity contribution in [3.63, 3.8) is 0 Å². The summed E-state index contributed by atoms with van der Waals surface area (Å²) in [5.41, 5.74) is 12.7. The second-order valence-electron chi connectivity index (χ2n) is 5.50. The van der Waals surface area contributed by atoms with Gasteiger partial charge >= 0.3 is 0 Å². The fourth-order valence-corrected chi connectivity index (χ4v) is 2.73. The third-order valence-electron chi connectivity index (χ3n) is 4.12. The number of nitrogen functional groups attached to an aromatic ring is 1. The molecule has 20 heavy (non-hydrogen) atoms. The van der Waals surface area contributed by atoms with Gasteiger partial charge < -0.3 is 10.5 Å². The number of aryl methyl sites for hydroxylation is 3. The first-order valence-corrected chi connectivity index (χ1v) is 7.10. The van der Waals surface area contributed by atoms with E-state index in [0.717, 1.165) is 28.3 Å². The average Bonchev–Trinajstić information content (AvgIpc) is 2.91. The summed E-state index contributed by atoms with van der Waals surface area (Å²) in [4.78, 5) is 4.42. The number of nitrogens with zero attached hydrogens (tertiary/aromatic N) is 1. The van der Waals surface area contributed by atoms with Crippen LogP contribution in [-0.4, -0.2) is 4.98 Å².